The minimum absolute atomic E-state index is 0.0148. The van der Waals surface area contributed by atoms with Gasteiger partial charge in [0.25, 0.3) is 0 Å². The van der Waals surface area contributed by atoms with E-state index in [4.69, 9.17) is 0 Å². The molecule has 1 aliphatic rings. The van der Waals surface area contributed by atoms with Crippen molar-refractivity contribution in [3.05, 3.63) is 35.6 Å². The van der Waals surface area contributed by atoms with Crippen LogP contribution in [-0.2, 0) is 4.79 Å². The highest BCUT2D eigenvalue weighted by Gasteiger charge is 2.30. The lowest BCUT2D eigenvalue weighted by Crippen LogP contribution is -2.35. The van der Waals surface area contributed by atoms with E-state index in [0.29, 0.717) is 5.92 Å². The highest BCUT2D eigenvalue weighted by Crippen LogP contribution is 2.19. The first kappa shape index (κ1) is 13.0. The number of hydrogen-bond donors (Lipinski definition) is 2. The molecule has 0 bridgehead atoms. The summed E-state index contributed by atoms with van der Waals surface area (Å²) in [5, 5.41) is 6.15. The summed E-state index contributed by atoms with van der Waals surface area (Å²) < 4.78 is 13.1. The SMILES string of the molecule is CC1CNCC1C(=O)N[C@@H](C)c1cccc(F)c1. The van der Waals surface area contributed by atoms with E-state index in [1.807, 2.05) is 13.0 Å². The maximum Gasteiger partial charge on any atom is 0.225 e. The summed E-state index contributed by atoms with van der Waals surface area (Å²) in [5.74, 6) is 0.138. The average molecular weight is 250 g/mol. The fourth-order valence-electron chi connectivity index (χ4n) is 2.34. The molecule has 1 aliphatic heterocycles. The third-order valence-electron chi connectivity index (χ3n) is 3.56. The third-order valence-corrected chi connectivity index (χ3v) is 3.56. The van der Waals surface area contributed by atoms with E-state index in [2.05, 4.69) is 17.6 Å². The molecular formula is C14H19FN2O. The van der Waals surface area contributed by atoms with Crippen LogP contribution in [0.15, 0.2) is 24.3 Å². The van der Waals surface area contributed by atoms with E-state index in [1.54, 1.807) is 6.07 Å². The van der Waals surface area contributed by atoms with Gasteiger partial charge in [0.2, 0.25) is 5.91 Å². The van der Waals surface area contributed by atoms with Crippen molar-refractivity contribution in [1.82, 2.24) is 10.6 Å². The number of rotatable bonds is 3. The van der Waals surface area contributed by atoms with Crippen molar-refractivity contribution in [2.45, 2.75) is 19.9 Å². The Bertz CT molecular complexity index is 436. The predicted octanol–water partition coefficient (Wildman–Crippen LogP) is 1.86. The van der Waals surface area contributed by atoms with Crippen LogP contribution in [0.2, 0.25) is 0 Å². The molecular weight excluding hydrogens is 231 g/mol. The molecule has 1 aromatic carbocycles. The largest absolute Gasteiger partial charge is 0.349 e. The van der Waals surface area contributed by atoms with Gasteiger partial charge in [-0.1, -0.05) is 19.1 Å². The molecule has 98 valence electrons. The first-order valence-corrected chi connectivity index (χ1v) is 6.34. The maximum atomic E-state index is 13.1. The van der Waals surface area contributed by atoms with E-state index < -0.39 is 0 Å². The van der Waals surface area contributed by atoms with E-state index in [9.17, 15) is 9.18 Å². The molecule has 1 fully saturated rings. The first-order chi connectivity index (χ1) is 8.58. The van der Waals surface area contributed by atoms with Crippen LogP contribution in [0, 0.1) is 17.7 Å². The Hall–Kier alpha value is -1.42. The summed E-state index contributed by atoms with van der Waals surface area (Å²) in [5.41, 5.74) is 0.793. The lowest BCUT2D eigenvalue weighted by Gasteiger charge is -2.19. The van der Waals surface area contributed by atoms with Crippen LogP contribution in [0.1, 0.15) is 25.5 Å². The maximum absolute atomic E-state index is 13.1. The molecule has 4 heteroatoms. The minimum Gasteiger partial charge on any atom is -0.349 e. The second-order valence-electron chi connectivity index (χ2n) is 5.03. The van der Waals surface area contributed by atoms with Gasteiger partial charge in [-0.3, -0.25) is 4.79 Å². The molecule has 2 N–H and O–H groups in total. The molecule has 2 unspecified atom stereocenters. The molecule has 1 saturated heterocycles. The lowest BCUT2D eigenvalue weighted by molar-refractivity contribution is -0.126. The molecule has 0 saturated carbocycles. The van der Waals surface area contributed by atoms with Gasteiger partial charge in [0.1, 0.15) is 5.82 Å². The van der Waals surface area contributed by atoms with Gasteiger partial charge in [0, 0.05) is 6.54 Å². The smallest absolute Gasteiger partial charge is 0.225 e. The third kappa shape index (κ3) is 2.88. The van der Waals surface area contributed by atoms with Crippen molar-refractivity contribution < 1.29 is 9.18 Å². The molecule has 18 heavy (non-hydrogen) atoms. The van der Waals surface area contributed by atoms with Crippen LogP contribution in [0.25, 0.3) is 0 Å². The highest BCUT2D eigenvalue weighted by molar-refractivity contribution is 5.80. The molecule has 0 aromatic heterocycles. The number of nitrogens with one attached hydrogen (secondary N) is 2. The molecule has 1 aromatic rings. The highest BCUT2D eigenvalue weighted by atomic mass is 19.1. The zero-order valence-corrected chi connectivity index (χ0v) is 10.7. The van der Waals surface area contributed by atoms with E-state index in [0.717, 1.165) is 18.7 Å². The Morgan fingerprint density at radius 1 is 1.50 bits per heavy atom. The van der Waals surface area contributed by atoms with Crippen LogP contribution in [0.4, 0.5) is 4.39 Å². The predicted molar refractivity (Wildman–Crippen MR) is 68.5 cm³/mol. The van der Waals surface area contributed by atoms with Crippen molar-refractivity contribution in [3.8, 4) is 0 Å². The standard InChI is InChI=1S/C14H19FN2O/c1-9-7-16-8-13(9)14(18)17-10(2)11-4-3-5-12(15)6-11/h3-6,9-10,13,16H,7-8H2,1-2H3,(H,17,18)/t9?,10-,13?/m0/s1. The second-order valence-corrected chi connectivity index (χ2v) is 5.03. The summed E-state index contributed by atoms with van der Waals surface area (Å²) in [7, 11) is 0. The van der Waals surface area contributed by atoms with Gasteiger partial charge < -0.3 is 10.6 Å². The van der Waals surface area contributed by atoms with Crippen molar-refractivity contribution in [2.75, 3.05) is 13.1 Å². The Kier molecular flexibility index (Phi) is 3.97. The van der Waals surface area contributed by atoms with Gasteiger partial charge >= 0.3 is 0 Å². The summed E-state index contributed by atoms with van der Waals surface area (Å²) >= 11 is 0. The first-order valence-electron chi connectivity index (χ1n) is 6.34. The van der Waals surface area contributed by atoms with Crippen molar-refractivity contribution in [1.29, 1.82) is 0 Å². The van der Waals surface area contributed by atoms with E-state index in [-0.39, 0.29) is 23.7 Å². The Labute approximate surface area is 107 Å². The number of amides is 1. The topological polar surface area (TPSA) is 41.1 Å². The van der Waals surface area contributed by atoms with Crippen LogP contribution < -0.4 is 10.6 Å². The summed E-state index contributed by atoms with van der Waals surface area (Å²) in [6.45, 7) is 5.55. The van der Waals surface area contributed by atoms with Crippen LogP contribution in [0.3, 0.4) is 0 Å². The van der Waals surface area contributed by atoms with Gasteiger partial charge in [0.05, 0.1) is 12.0 Å². The lowest BCUT2D eigenvalue weighted by atomic mass is 9.96. The summed E-state index contributed by atoms with van der Waals surface area (Å²) in [6, 6.07) is 6.18. The zero-order valence-electron chi connectivity index (χ0n) is 10.7. The zero-order chi connectivity index (χ0) is 13.1. The number of benzene rings is 1. The number of hydrogen-bond acceptors (Lipinski definition) is 2. The van der Waals surface area contributed by atoms with Gasteiger partial charge in [0.15, 0.2) is 0 Å². The molecule has 1 heterocycles. The van der Waals surface area contributed by atoms with Crippen LogP contribution in [0.5, 0.6) is 0 Å². The Morgan fingerprint density at radius 3 is 2.89 bits per heavy atom. The second kappa shape index (κ2) is 5.48. The molecule has 0 spiro atoms. The fraction of sp³-hybridized carbons (Fsp3) is 0.500. The van der Waals surface area contributed by atoms with Crippen LogP contribution in [-0.4, -0.2) is 19.0 Å². The van der Waals surface area contributed by atoms with Gasteiger partial charge in [-0.15, -0.1) is 0 Å². The minimum atomic E-state index is -0.274. The summed E-state index contributed by atoms with van der Waals surface area (Å²) in [4.78, 5) is 12.1. The fourth-order valence-corrected chi connectivity index (χ4v) is 2.34. The average Bonchev–Trinajstić information content (AvgIpc) is 2.75. The normalized spacial score (nSPS) is 24.8. The molecule has 3 atom stereocenters. The number of halogens is 1. The monoisotopic (exact) mass is 250 g/mol. The molecule has 0 radical (unpaired) electrons. The van der Waals surface area contributed by atoms with E-state index in [1.165, 1.54) is 12.1 Å². The van der Waals surface area contributed by atoms with Gasteiger partial charge in [-0.2, -0.15) is 0 Å². The van der Waals surface area contributed by atoms with Crippen molar-refractivity contribution >= 4 is 5.91 Å². The summed E-state index contributed by atoms with van der Waals surface area (Å²) in [6.07, 6.45) is 0. The van der Waals surface area contributed by atoms with Gasteiger partial charge in [-0.05, 0) is 37.1 Å². The van der Waals surface area contributed by atoms with E-state index >= 15 is 0 Å². The molecule has 0 aliphatic carbocycles. The number of carbonyl (C=O) groups is 1. The number of carbonyl (C=O) groups excluding carboxylic acids is 1. The van der Waals surface area contributed by atoms with Crippen molar-refractivity contribution in [3.63, 3.8) is 0 Å². The van der Waals surface area contributed by atoms with Crippen LogP contribution >= 0.6 is 0 Å². The van der Waals surface area contributed by atoms with Crippen molar-refractivity contribution in [2.24, 2.45) is 11.8 Å². The Balaban J connectivity index is 1.98. The molecule has 3 nitrogen and oxygen atoms in total. The van der Waals surface area contributed by atoms with Gasteiger partial charge in [-0.25, -0.2) is 4.39 Å². The quantitative estimate of drug-likeness (QED) is 0.859. The molecule has 2 rings (SSSR count). The molecule has 1 amide bonds. The Morgan fingerprint density at radius 2 is 2.28 bits per heavy atom.